The Morgan fingerprint density at radius 1 is 1.18 bits per heavy atom. The van der Waals surface area contributed by atoms with Crippen molar-refractivity contribution in [1.29, 1.82) is 0 Å². The molecule has 3 heteroatoms. The van der Waals surface area contributed by atoms with E-state index in [2.05, 4.69) is 0 Å². The molecule has 0 amide bonds. The van der Waals surface area contributed by atoms with Gasteiger partial charge in [-0.15, -0.1) is 0 Å². The molecule has 0 fully saturated rings. The molecular formula is C14H18O3. The van der Waals surface area contributed by atoms with E-state index in [1.165, 1.54) is 0 Å². The first-order valence-electron chi connectivity index (χ1n) is 5.83. The first-order chi connectivity index (χ1) is 7.97. The van der Waals surface area contributed by atoms with Gasteiger partial charge in [0.2, 0.25) is 0 Å². The number of aliphatic carboxylic acids is 1. The van der Waals surface area contributed by atoms with Crippen molar-refractivity contribution in [2.75, 3.05) is 0 Å². The van der Waals surface area contributed by atoms with Gasteiger partial charge in [0, 0.05) is 5.56 Å². The molecule has 0 spiro atoms. The second kappa shape index (κ2) is 5.62. The summed E-state index contributed by atoms with van der Waals surface area (Å²) in [5.41, 5.74) is 1.61. The van der Waals surface area contributed by atoms with E-state index in [1.54, 1.807) is 26.0 Å². The van der Waals surface area contributed by atoms with Crippen molar-refractivity contribution in [3.05, 3.63) is 35.4 Å². The van der Waals surface area contributed by atoms with Crippen molar-refractivity contribution in [1.82, 2.24) is 0 Å². The van der Waals surface area contributed by atoms with E-state index < -0.39 is 11.9 Å². The van der Waals surface area contributed by atoms with Crippen LogP contribution in [0.2, 0.25) is 0 Å². The van der Waals surface area contributed by atoms with Crippen molar-refractivity contribution >= 4 is 11.8 Å². The fourth-order valence-corrected chi connectivity index (χ4v) is 1.78. The van der Waals surface area contributed by atoms with E-state index in [4.69, 9.17) is 5.11 Å². The van der Waals surface area contributed by atoms with Crippen LogP contribution in [0.15, 0.2) is 24.3 Å². The smallest absolute Gasteiger partial charge is 0.314 e. The first-order valence-corrected chi connectivity index (χ1v) is 5.83. The van der Waals surface area contributed by atoms with Gasteiger partial charge in [0.25, 0.3) is 0 Å². The molecule has 92 valence electrons. The zero-order chi connectivity index (χ0) is 13.0. The second-order valence-corrected chi connectivity index (χ2v) is 4.47. The maximum Gasteiger partial charge on any atom is 0.314 e. The van der Waals surface area contributed by atoms with E-state index in [1.807, 2.05) is 19.1 Å². The van der Waals surface area contributed by atoms with Crippen LogP contribution in [0.4, 0.5) is 0 Å². The molecule has 1 aromatic carbocycles. The molecule has 0 bridgehead atoms. The number of ketones is 1. The van der Waals surface area contributed by atoms with Gasteiger partial charge in [-0.2, -0.15) is 0 Å². The van der Waals surface area contributed by atoms with Gasteiger partial charge in [0.1, 0.15) is 5.92 Å². The molecule has 17 heavy (non-hydrogen) atoms. The molecule has 1 aromatic rings. The maximum atomic E-state index is 12.0. The molecule has 0 aliphatic heterocycles. The average molecular weight is 234 g/mol. The van der Waals surface area contributed by atoms with Crippen molar-refractivity contribution < 1.29 is 14.7 Å². The van der Waals surface area contributed by atoms with Crippen molar-refractivity contribution in [2.45, 2.75) is 27.2 Å². The molecule has 1 N–H and O–H groups in total. The van der Waals surface area contributed by atoms with E-state index in [-0.39, 0.29) is 11.7 Å². The lowest BCUT2D eigenvalue weighted by atomic mass is 9.88. The summed E-state index contributed by atoms with van der Waals surface area (Å²) in [7, 11) is 0. The summed E-state index contributed by atoms with van der Waals surface area (Å²) in [5.74, 6) is -2.52. The quantitative estimate of drug-likeness (QED) is 0.629. The molecule has 0 saturated heterocycles. The van der Waals surface area contributed by atoms with E-state index in [9.17, 15) is 9.59 Å². The highest BCUT2D eigenvalue weighted by atomic mass is 16.4. The molecular weight excluding hydrogens is 216 g/mol. The van der Waals surface area contributed by atoms with Crippen LogP contribution in [-0.2, 0) is 11.2 Å². The Morgan fingerprint density at radius 3 is 2.06 bits per heavy atom. The van der Waals surface area contributed by atoms with Crippen LogP contribution in [0.5, 0.6) is 0 Å². The number of hydrogen-bond donors (Lipinski definition) is 1. The van der Waals surface area contributed by atoms with Crippen LogP contribution in [0.3, 0.4) is 0 Å². The van der Waals surface area contributed by atoms with E-state index in [0.717, 1.165) is 12.0 Å². The zero-order valence-corrected chi connectivity index (χ0v) is 10.4. The first kappa shape index (κ1) is 13.4. The number of carbonyl (C=O) groups is 2. The predicted octanol–water partition coefficient (Wildman–Crippen LogP) is 2.79. The van der Waals surface area contributed by atoms with Gasteiger partial charge in [-0.1, -0.05) is 45.0 Å². The highest BCUT2D eigenvalue weighted by Crippen LogP contribution is 2.18. The molecule has 0 saturated carbocycles. The van der Waals surface area contributed by atoms with Gasteiger partial charge in [-0.25, -0.2) is 0 Å². The Labute approximate surface area is 101 Å². The molecule has 1 rings (SSSR count). The van der Waals surface area contributed by atoms with Crippen LogP contribution < -0.4 is 0 Å². The third kappa shape index (κ3) is 3.16. The highest BCUT2D eigenvalue weighted by molar-refractivity contribution is 6.08. The fourth-order valence-electron chi connectivity index (χ4n) is 1.78. The monoisotopic (exact) mass is 234 g/mol. The third-order valence-corrected chi connectivity index (χ3v) is 2.86. The molecule has 0 aliphatic carbocycles. The van der Waals surface area contributed by atoms with Crippen LogP contribution in [-0.4, -0.2) is 16.9 Å². The summed E-state index contributed by atoms with van der Waals surface area (Å²) in [5, 5.41) is 9.06. The summed E-state index contributed by atoms with van der Waals surface area (Å²) < 4.78 is 0. The number of hydrogen-bond acceptors (Lipinski definition) is 2. The summed E-state index contributed by atoms with van der Waals surface area (Å²) in [6.45, 7) is 5.53. The Bertz CT molecular complexity index is 404. The number of carbonyl (C=O) groups excluding carboxylic acids is 1. The van der Waals surface area contributed by atoms with Gasteiger partial charge in [-0.3, -0.25) is 9.59 Å². The highest BCUT2D eigenvalue weighted by Gasteiger charge is 2.30. The Morgan fingerprint density at radius 2 is 1.71 bits per heavy atom. The second-order valence-electron chi connectivity index (χ2n) is 4.47. The normalized spacial score (nSPS) is 12.5. The van der Waals surface area contributed by atoms with Crippen LogP contribution in [0.25, 0.3) is 0 Å². The van der Waals surface area contributed by atoms with Gasteiger partial charge in [-0.05, 0) is 17.9 Å². The minimum Gasteiger partial charge on any atom is -0.481 e. The number of carboxylic acid groups (broad SMARTS) is 1. The van der Waals surface area contributed by atoms with Gasteiger partial charge < -0.3 is 5.11 Å². The van der Waals surface area contributed by atoms with Gasteiger partial charge in [0.15, 0.2) is 5.78 Å². The summed E-state index contributed by atoms with van der Waals surface area (Å²) in [6, 6.07) is 7.15. The number of aryl methyl sites for hydroxylation is 1. The molecule has 0 aliphatic rings. The van der Waals surface area contributed by atoms with Crippen LogP contribution >= 0.6 is 0 Å². The Kier molecular flexibility index (Phi) is 4.44. The predicted molar refractivity (Wildman–Crippen MR) is 66.1 cm³/mol. The SMILES string of the molecule is CCc1ccc(C(=O)C(C(=O)O)C(C)C)cc1. The minimum atomic E-state index is -1.05. The van der Waals surface area contributed by atoms with Crippen molar-refractivity contribution in [3.8, 4) is 0 Å². The summed E-state index contributed by atoms with van der Waals surface area (Å²) in [6.07, 6.45) is 0.904. The van der Waals surface area contributed by atoms with E-state index in [0.29, 0.717) is 5.56 Å². The largest absolute Gasteiger partial charge is 0.481 e. The molecule has 3 nitrogen and oxygen atoms in total. The lowest BCUT2D eigenvalue weighted by Gasteiger charge is -2.14. The fraction of sp³-hybridized carbons (Fsp3) is 0.429. The molecule has 1 unspecified atom stereocenters. The molecule has 0 radical (unpaired) electrons. The van der Waals surface area contributed by atoms with Gasteiger partial charge >= 0.3 is 5.97 Å². The number of carboxylic acids is 1. The topological polar surface area (TPSA) is 54.4 Å². The average Bonchev–Trinajstić information content (AvgIpc) is 2.28. The molecule has 0 heterocycles. The number of benzene rings is 1. The van der Waals surface area contributed by atoms with Gasteiger partial charge in [0.05, 0.1) is 0 Å². The standard InChI is InChI=1S/C14H18O3/c1-4-10-5-7-11(8-6-10)13(15)12(9(2)3)14(16)17/h5-9,12H,4H2,1-3H3,(H,16,17). The molecule has 0 aromatic heterocycles. The molecule has 1 atom stereocenters. The minimum absolute atomic E-state index is 0.203. The maximum absolute atomic E-state index is 12.0. The zero-order valence-electron chi connectivity index (χ0n) is 10.4. The van der Waals surface area contributed by atoms with Crippen LogP contribution in [0.1, 0.15) is 36.7 Å². The Balaban J connectivity index is 2.97. The summed E-state index contributed by atoms with van der Waals surface area (Å²) in [4.78, 5) is 23.1. The number of rotatable bonds is 5. The third-order valence-electron chi connectivity index (χ3n) is 2.86. The van der Waals surface area contributed by atoms with Crippen molar-refractivity contribution in [3.63, 3.8) is 0 Å². The Hall–Kier alpha value is -1.64. The summed E-state index contributed by atoms with van der Waals surface area (Å²) >= 11 is 0. The van der Waals surface area contributed by atoms with Crippen LogP contribution in [0, 0.1) is 11.8 Å². The lowest BCUT2D eigenvalue weighted by Crippen LogP contribution is -2.28. The lowest BCUT2D eigenvalue weighted by molar-refractivity contribution is -0.141. The number of Topliss-reactive ketones (excluding diaryl/α,β-unsaturated/α-hetero) is 1. The van der Waals surface area contributed by atoms with E-state index >= 15 is 0 Å². The van der Waals surface area contributed by atoms with Crippen molar-refractivity contribution in [2.24, 2.45) is 11.8 Å².